The van der Waals surface area contributed by atoms with Crippen molar-refractivity contribution in [1.29, 1.82) is 0 Å². The molecule has 1 amide bonds. The molecule has 1 atom stereocenters. The first-order valence-electron chi connectivity index (χ1n) is 13.5. The van der Waals surface area contributed by atoms with Crippen LogP contribution in [0.4, 0.5) is 5.95 Å². The molecule has 9 heteroatoms. The first-order valence-corrected chi connectivity index (χ1v) is 14.9. The molecule has 1 aliphatic heterocycles. The van der Waals surface area contributed by atoms with Gasteiger partial charge in [0.05, 0.1) is 17.1 Å². The largest absolute Gasteiger partial charge is 0.467 e. The quantitative estimate of drug-likeness (QED) is 0.305. The van der Waals surface area contributed by atoms with Gasteiger partial charge in [-0.15, -0.1) is 0 Å². The Hall–Kier alpha value is -4.24. The fourth-order valence-corrected chi connectivity index (χ4v) is 6.00. The highest BCUT2D eigenvalue weighted by Crippen LogP contribution is 2.33. The van der Waals surface area contributed by atoms with Crippen molar-refractivity contribution >= 4 is 21.9 Å². The Kier molecular flexibility index (Phi) is 7.33. The van der Waals surface area contributed by atoms with Crippen molar-refractivity contribution in [2.24, 2.45) is 0 Å². The Morgan fingerprint density at radius 2 is 1.59 bits per heavy atom. The van der Waals surface area contributed by atoms with Crippen LogP contribution in [0.2, 0.25) is 0 Å². The van der Waals surface area contributed by atoms with Gasteiger partial charge in [0, 0.05) is 17.2 Å². The number of ether oxygens (including phenoxy) is 1. The van der Waals surface area contributed by atoms with Gasteiger partial charge >= 0.3 is 0 Å². The molecule has 0 saturated heterocycles. The molecule has 2 N–H and O–H groups in total. The molecule has 212 valence electrons. The van der Waals surface area contributed by atoms with E-state index in [2.05, 4.69) is 52.9 Å². The number of amides is 1. The lowest BCUT2D eigenvalue weighted by Gasteiger charge is -2.25. The van der Waals surface area contributed by atoms with E-state index in [1.807, 2.05) is 45.0 Å². The van der Waals surface area contributed by atoms with Gasteiger partial charge in [0.25, 0.3) is 15.9 Å². The SMILES string of the molecule is Cc1cc(C(C)(C)C)ccc1C1CNC(=O)c2cccc(c2)S(=O)(=O)Nc2nc(cc(-c3c(C)cccc3C)n2)O1. The van der Waals surface area contributed by atoms with Crippen LogP contribution in [-0.4, -0.2) is 30.8 Å². The Bertz CT molecular complexity index is 1740. The third kappa shape index (κ3) is 5.95. The average Bonchev–Trinajstić information content (AvgIpc) is 2.90. The molecule has 0 spiro atoms. The van der Waals surface area contributed by atoms with E-state index in [-0.39, 0.29) is 34.2 Å². The zero-order valence-corrected chi connectivity index (χ0v) is 24.9. The van der Waals surface area contributed by atoms with Gasteiger partial charge in [-0.05, 0) is 72.2 Å². The number of fused-ring (bicyclic) bond motifs is 4. The van der Waals surface area contributed by atoms with E-state index < -0.39 is 22.0 Å². The summed E-state index contributed by atoms with van der Waals surface area (Å²) in [6, 6.07) is 19.7. The van der Waals surface area contributed by atoms with Crippen molar-refractivity contribution in [2.45, 2.75) is 58.0 Å². The van der Waals surface area contributed by atoms with Gasteiger partial charge < -0.3 is 10.1 Å². The molecule has 2 heterocycles. The second-order valence-electron chi connectivity index (χ2n) is 11.5. The van der Waals surface area contributed by atoms with Crippen molar-refractivity contribution in [3.8, 4) is 17.1 Å². The van der Waals surface area contributed by atoms with Crippen LogP contribution in [0.25, 0.3) is 11.3 Å². The number of aromatic nitrogens is 2. The fraction of sp³-hybridized carbons (Fsp3) is 0.281. The zero-order valence-electron chi connectivity index (χ0n) is 24.1. The summed E-state index contributed by atoms with van der Waals surface area (Å²) in [6.45, 7) is 12.6. The summed E-state index contributed by atoms with van der Waals surface area (Å²) in [4.78, 5) is 22.1. The molecule has 1 unspecified atom stereocenters. The molecular formula is C32H34N4O4S. The van der Waals surface area contributed by atoms with Crippen LogP contribution in [0.15, 0.2) is 71.6 Å². The molecule has 41 heavy (non-hydrogen) atoms. The maximum Gasteiger partial charge on any atom is 0.264 e. The number of nitrogens with zero attached hydrogens (tertiary/aromatic N) is 2. The van der Waals surface area contributed by atoms with Gasteiger partial charge in [0.1, 0.15) is 6.10 Å². The van der Waals surface area contributed by atoms with Crippen LogP contribution in [0, 0.1) is 20.8 Å². The molecule has 5 rings (SSSR count). The highest BCUT2D eigenvalue weighted by molar-refractivity contribution is 7.92. The molecule has 1 aliphatic rings. The zero-order chi connectivity index (χ0) is 29.5. The van der Waals surface area contributed by atoms with E-state index in [0.717, 1.165) is 27.8 Å². The average molecular weight is 571 g/mol. The minimum atomic E-state index is -4.10. The minimum Gasteiger partial charge on any atom is -0.467 e. The summed E-state index contributed by atoms with van der Waals surface area (Å²) < 4.78 is 35.7. The third-order valence-corrected chi connectivity index (χ3v) is 8.59. The highest BCUT2D eigenvalue weighted by atomic mass is 32.2. The van der Waals surface area contributed by atoms with Crippen LogP contribution in [0.3, 0.4) is 0 Å². The fourth-order valence-electron chi connectivity index (χ4n) is 5.01. The summed E-state index contributed by atoms with van der Waals surface area (Å²) >= 11 is 0. The van der Waals surface area contributed by atoms with Gasteiger partial charge in [-0.3, -0.25) is 4.79 Å². The van der Waals surface area contributed by atoms with Crippen molar-refractivity contribution in [3.05, 3.63) is 100 Å². The van der Waals surface area contributed by atoms with E-state index in [1.165, 1.54) is 23.8 Å². The smallest absolute Gasteiger partial charge is 0.264 e. The van der Waals surface area contributed by atoms with Gasteiger partial charge in [0.2, 0.25) is 11.8 Å². The molecule has 1 aromatic heterocycles. The number of aryl methyl sites for hydroxylation is 3. The number of hydrogen-bond acceptors (Lipinski definition) is 6. The lowest BCUT2D eigenvalue weighted by atomic mass is 9.85. The summed E-state index contributed by atoms with van der Waals surface area (Å²) in [6.07, 6.45) is -0.609. The van der Waals surface area contributed by atoms with E-state index in [1.54, 1.807) is 12.1 Å². The molecule has 0 radical (unpaired) electrons. The van der Waals surface area contributed by atoms with Gasteiger partial charge in [-0.25, -0.2) is 18.1 Å². The van der Waals surface area contributed by atoms with Crippen LogP contribution in [0.5, 0.6) is 5.88 Å². The summed E-state index contributed by atoms with van der Waals surface area (Å²) in [7, 11) is -4.10. The molecule has 3 aromatic carbocycles. The second kappa shape index (κ2) is 10.6. The van der Waals surface area contributed by atoms with Gasteiger partial charge in [-0.1, -0.05) is 63.2 Å². The molecule has 0 aliphatic carbocycles. The van der Waals surface area contributed by atoms with E-state index in [0.29, 0.717) is 5.69 Å². The number of sulfonamides is 1. The summed E-state index contributed by atoms with van der Waals surface area (Å²) in [5.41, 5.74) is 6.60. The first-order chi connectivity index (χ1) is 19.3. The normalized spacial score (nSPS) is 16.7. The minimum absolute atomic E-state index is 0.0346. The lowest BCUT2D eigenvalue weighted by molar-refractivity contribution is 0.0925. The lowest BCUT2D eigenvalue weighted by Crippen LogP contribution is -2.31. The monoisotopic (exact) mass is 570 g/mol. The highest BCUT2D eigenvalue weighted by Gasteiger charge is 2.25. The van der Waals surface area contributed by atoms with Crippen molar-refractivity contribution in [2.75, 3.05) is 11.3 Å². The van der Waals surface area contributed by atoms with Crippen molar-refractivity contribution in [3.63, 3.8) is 0 Å². The molecule has 0 saturated carbocycles. The number of carbonyl (C=O) groups is 1. The number of nitrogens with one attached hydrogen (secondary N) is 2. The second-order valence-corrected chi connectivity index (χ2v) is 13.1. The van der Waals surface area contributed by atoms with Gasteiger partial charge in [-0.2, -0.15) is 4.98 Å². The van der Waals surface area contributed by atoms with Crippen LogP contribution in [-0.2, 0) is 15.4 Å². The van der Waals surface area contributed by atoms with E-state index >= 15 is 0 Å². The number of rotatable bonds is 2. The number of hydrogen-bond donors (Lipinski definition) is 2. The summed E-state index contributed by atoms with van der Waals surface area (Å²) in [5, 5.41) is 2.93. The van der Waals surface area contributed by atoms with Crippen molar-refractivity contribution in [1.82, 2.24) is 15.3 Å². The molecule has 8 nitrogen and oxygen atoms in total. The predicted octanol–water partition coefficient (Wildman–Crippen LogP) is 6.03. The predicted molar refractivity (Wildman–Crippen MR) is 160 cm³/mol. The number of carbonyl (C=O) groups excluding carboxylic acids is 1. The Morgan fingerprint density at radius 3 is 2.27 bits per heavy atom. The molecule has 4 bridgehead atoms. The van der Waals surface area contributed by atoms with Crippen LogP contribution in [0.1, 0.15) is 65.1 Å². The van der Waals surface area contributed by atoms with E-state index in [4.69, 9.17) is 4.74 Å². The number of benzene rings is 3. The van der Waals surface area contributed by atoms with Crippen molar-refractivity contribution < 1.29 is 17.9 Å². The Labute approximate surface area is 241 Å². The number of anilines is 1. The standard InChI is InChI=1S/C32H34N4O4S/c1-19-9-7-10-20(2)29(19)26-17-28-35-31(34-26)36-41(38,39)24-12-8-11-22(16-24)30(37)33-18-27(40-28)25-14-13-23(15-21(25)3)32(4,5)6/h7-17,27H,18H2,1-6H3,(H,33,37)(H,34,35,36). The molecule has 0 fully saturated rings. The van der Waals surface area contributed by atoms with E-state index in [9.17, 15) is 13.2 Å². The maximum absolute atomic E-state index is 13.3. The maximum atomic E-state index is 13.3. The molecule has 4 aromatic rings. The first kappa shape index (κ1) is 28.3. The third-order valence-electron chi connectivity index (χ3n) is 7.27. The Morgan fingerprint density at radius 1 is 0.878 bits per heavy atom. The van der Waals surface area contributed by atoms with Crippen LogP contribution < -0.4 is 14.8 Å². The molecular weight excluding hydrogens is 536 g/mol. The Balaban J connectivity index is 1.69. The summed E-state index contributed by atoms with van der Waals surface area (Å²) in [5.74, 6) is -0.352. The van der Waals surface area contributed by atoms with Crippen LogP contribution >= 0.6 is 0 Å². The topological polar surface area (TPSA) is 110 Å². The van der Waals surface area contributed by atoms with Gasteiger partial charge in [0.15, 0.2) is 0 Å².